The molecule has 20 heavy (non-hydrogen) atoms. The van der Waals surface area contributed by atoms with Gasteiger partial charge in [-0.3, -0.25) is 4.79 Å². The van der Waals surface area contributed by atoms with E-state index in [0.29, 0.717) is 28.9 Å². The van der Waals surface area contributed by atoms with Gasteiger partial charge < -0.3 is 14.8 Å². The van der Waals surface area contributed by atoms with Crippen molar-refractivity contribution in [3.05, 3.63) is 11.8 Å². The van der Waals surface area contributed by atoms with E-state index in [1.165, 1.54) is 16.9 Å². The molecule has 1 fully saturated rings. The maximum atomic E-state index is 10.6. The van der Waals surface area contributed by atoms with E-state index >= 15 is 0 Å². The summed E-state index contributed by atoms with van der Waals surface area (Å²) in [5, 5.41) is 3.16. The van der Waals surface area contributed by atoms with Gasteiger partial charge in [-0.25, -0.2) is 9.97 Å². The van der Waals surface area contributed by atoms with Gasteiger partial charge in [0, 0.05) is 19.4 Å². The lowest BCUT2D eigenvalue weighted by Crippen LogP contribution is -2.14. The Morgan fingerprint density at radius 3 is 3.00 bits per heavy atom. The van der Waals surface area contributed by atoms with Crippen LogP contribution in [0.4, 0.5) is 5.13 Å². The van der Waals surface area contributed by atoms with E-state index in [0.717, 1.165) is 30.8 Å². The van der Waals surface area contributed by atoms with Gasteiger partial charge in [0.25, 0.3) is 0 Å². The molecule has 1 amide bonds. The van der Waals surface area contributed by atoms with Crippen molar-refractivity contribution in [3.63, 3.8) is 0 Å². The highest BCUT2D eigenvalue weighted by Crippen LogP contribution is 2.39. The first-order valence-electron chi connectivity index (χ1n) is 6.45. The lowest BCUT2D eigenvalue weighted by atomic mass is 9.93. The molecule has 1 aliphatic heterocycles. The molecule has 3 heterocycles. The maximum absolute atomic E-state index is 10.6. The van der Waals surface area contributed by atoms with E-state index in [1.807, 2.05) is 6.20 Å². The molecule has 0 bridgehead atoms. The highest BCUT2D eigenvalue weighted by Gasteiger charge is 2.22. The summed E-state index contributed by atoms with van der Waals surface area (Å²) < 4.78 is 11.7. The quantitative estimate of drug-likeness (QED) is 0.874. The smallest absolute Gasteiger partial charge is 0.241 e. The summed E-state index contributed by atoms with van der Waals surface area (Å²) in [5.41, 5.74) is 1.88. The third-order valence-corrected chi connectivity index (χ3v) is 4.49. The molecule has 0 atom stereocenters. The van der Waals surface area contributed by atoms with E-state index < -0.39 is 0 Å². The van der Waals surface area contributed by atoms with Gasteiger partial charge >= 0.3 is 0 Å². The van der Waals surface area contributed by atoms with Gasteiger partial charge in [-0.15, -0.1) is 0 Å². The van der Waals surface area contributed by atoms with Gasteiger partial charge in [-0.1, -0.05) is 11.3 Å². The van der Waals surface area contributed by atoms with Crippen molar-refractivity contribution >= 4 is 33.1 Å². The number of hydrogen-bond acceptors (Lipinski definition) is 6. The Kier molecular flexibility index (Phi) is 3.79. The topological polar surface area (TPSA) is 73.3 Å². The minimum Gasteiger partial charge on any atom is -0.479 e. The van der Waals surface area contributed by atoms with Crippen molar-refractivity contribution in [1.29, 1.82) is 0 Å². The van der Waals surface area contributed by atoms with E-state index in [-0.39, 0.29) is 0 Å². The van der Waals surface area contributed by atoms with Gasteiger partial charge in [0.1, 0.15) is 5.52 Å². The van der Waals surface area contributed by atoms with Crippen molar-refractivity contribution in [3.8, 4) is 5.88 Å². The van der Waals surface area contributed by atoms with Gasteiger partial charge in [-0.05, 0) is 24.3 Å². The molecule has 7 heteroatoms. The van der Waals surface area contributed by atoms with Gasteiger partial charge in [0.05, 0.1) is 11.8 Å². The summed E-state index contributed by atoms with van der Waals surface area (Å²) in [5.74, 6) is 0.917. The monoisotopic (exact) mass is 293 g/mol. The largest absolute Gasteiger partial charge is 0.479 e. The molecule has 0 unspecified atom stereocenters. The number of fused-ring (bicyclic) bond motifs is 1. The van der Waals surface area contributed by atoms with Crippen LogP contribution < -0.4 is 10.1 Å². The van der Waals surface area contributed by atoms with Gasteiger partial charge in [0.15, 0.2) is 5.13 Å². The van der Waals surface area contributed by atoms with Crippen LogP contribution in [0.1, 0.15) is 24.3 Å². The Morgan fingerprint density at radius 1 is 1.50 bits per heavy atom. The predicted octanol–water partition coefficient (Wildman–Crippen LogP) is 2.16. The van der Waals surface area contributed by atoms with Crippen LogP contribution in [0.25, 0.3) is 10.2 Å². The average molecular weight is 293 g/mol. The number of nitrogens with one attached hydrogen (secondary N) is 1. The van der Waals surface area contributed by atoms with Crippen LogP contribution in [0.2, 0.25) is 0 Å². The molecule has 6 nitrogen and oxygen atoms in total. The third kappa shape index (κ3) is 2.34. The SMILES string of the molecule is COc1ncc(C2CCOCC2)c2sc(NC=O)nc12. The molecule has 2 aromatic rings. The lowest BCUT2D eigenvalue weighted by Gasteiger charge is -2.22. The zero-order valence-corrected chi connectivity index (χ0v) is 11.9. The minimum atomic E-state index is 0.425. The Hall–Kier alpha value is -1.73. The first-order valence-corrected chi connectivity index (χ1v) is 7.26. The fraction of sp³-hybridized carbons (Fsp3) is 0.462. The average Bonchev–Trinajstić information content (AvgIpc) is 2.91. The number of nitrogens with zero attached hydrogens (tertiary/aromatic N) is 2. The van der Waals surface area contributed by atoms with E-state index in [4.69, 9.17) is 9.47 Å². The number of methoxy groups -OCH3 is 1. The zero-order valence-electron chi connectivity index (χ0n) is 11.1. The number of hydrogen-bond donors (Lipinski definition) is 1. The summed E-state index contributed by atoms with van der Waals surface area (Å²) in [6, 6.07) is 0. The van der Waals surface area contributed by atoms with Crippen LogP contribution in [-0.2, 0) is 9.53 Å². The molecule has 1 N–H and O–H groups in total. The second kappa shape index (κ2) is 5.72. The molecular weight excluding hydrogens is 278 g/mol. The van der Waals surface area contributed by atoms with E-state index in [2.05, 4.69) is 15.3 Å². The number of ether oxygens (including phenoxy) is 2. The van der Waals surface area contributed by atoms with Crippen molar-refractivity contribution < 1.29 is 14.3 Å². The molecule has 0 saturated carbocycles. The highest BCUT2D eigenvalue weighted by atomic mass is 32.1. The molecular formula is C13H15N3O3S. The highest BCUT2D eigenvalue weighted by molar-refractivity contribution is 7.22. The molecule has 1 aliphatic rings. The van der Waals surface area contributed by atoms with Crippen molar-refractivity contribution in [2.24, 2.45) is 0 Å². The van der Waals surface area contributed by atoms with Crippen LogP contribution in [0.5, 0.6) is 5.88 Å². The number of carbonyl (C=O) groups excluding carboxylic acids is 1. The summed E-state index contributed by atoms with van der Waals surface area (Å²) in [4.78, 5) is 19.3. The molecule has 3 rings (SSSR count). The number of amides is 1. The first kappa shape index (κ1) is 13.3. The van der Waals surface area contributed by atoms with E-state index in [9.17, 15) is 4.79 Å². The fourth-order valence-electron chi connectivity index (χ4n) is 2.47. The van der Waals surface area contributed by atoms with Crippen LogP contribution in [0.3, 0.4) is 0 Å². The van der Waals surface area contributed by atoms with Gasteiger partial charge in [0.2, 0.25) is 12.3 Å². The van der Waals surface area contributed by atoms with Crippen molar-refractivity contribution in [2.75, 3.05) is 25.6 Å². The lowest BCUT2D eigenvalue weighted by molar-refractivity contribution is -0.105. The molecule has 2 aromatic heterocycles. The third-order valence-electron chi connectivity index (χ3n) is 3.45. The van der Waals surface area contributed by atoms with Crippen molar-refractivity contribution in [1.82, 2.24) is 9.97 Å². The van der Waals surface area contributed by atoms with E-state index in [1.54, 1.807) is 7.11 Å². The Morgan fingerprint density at radius 2 is 2.30 bits per heavy atom. The fourth-order valence-corrected chi connectivity index (χ4v) is 3.47. The number of carbonyl (C=O) groups is 1. The Balaban J connectivity index is 2.09. The second-order valence-corrected chi connectivity index (χ2v) is 5.57. The number of anilines is 1. The van der Waals surface area contributed by atoms with Crippen LogP contribution in [0, 0.1) is 0 Å². The normalized spacial score (nSPS) is 16.2. The molecule has 0 aromatic carbocycles. The van der Waals surface area contributed by atoms with Crippen LogP contribution in [-0.4, -0.2) is 36.7 Å². The maximum Gasteiger partial charge on any atom is 0.241 e. The van der Waals surface area contributed by atoms with Crippen LogP contribution >= 0.6 is 11.3 Å². The molecule has 106 valence electrons. The molecule has 0 spiro atoms. The number of pyridine rings is 1. The zero-order chi connectivity index (χ0) is 13.9. The Labute approximate surface area is 120 Å². The summed E-state index contributed by atoms with van der Waals surface area (Å²) in [6.07, 6.45) is 4.46. The number of aromatic nitrogens is 2. The molecule has 0 radical (unpaired) electrons. The standard InChI is InChI=1S/C13H15N3O3S/c1-18-12-10-11(20-13(16-10)15-7-17)9(6-14-12)8-2-4-19-5-3-8/h6-8H,2-5H2,1H3,(H,15,16,17). The van der Waals surface area contributed by atoms with Gasteiger partial charge in [-0.2, -0.15) is 0 Å². The molecule has 0 aliphatic carbocycles. The predicted molar refractivity (Wildman–Crippen MR) is 76.4 cm³/mol. The number of rotatable bonds is 4. The van der Waals surface area contributed by atoms with Crippen LogP contribution in [0.15, 0.2) is 6.20 Å². The number of thiazole rings is 1. The summed E-state index contributed by atoms with van der Waals surface area (Å²) in [6.45, 7) is 1.55. The first-order chi connectivity index (χ1) is 9.83. The minimum absolute atomic E-state index is 0.425. The Bertz CT molecular complexity index is 623. The van der Waals surface area contributed by atoms with Crippen molar-refractivity contribution in [2.45, 2.75) is 18.8 Å². The summed E-state index contributed by atoms with van der Waals surface area (Å²) in [7, 11) is 1.57. The molecule has 1 saturated heterocycles. The summed E-state index contributed by atoms with van der Waals surface area (Å²) >= 11 is 1.46. The second-order valence-electron chi connectivity index (χ2n) is 4.57.